The number of nitro benzene ring substituents is 2. The van der Waals surface area contributed by atoms with E-state index in [0.29, 0.717) is 0 Å². The standard InChI is InChI=1S/C14H10N2O6/c17-13(9-3-1-5-11(7-9)15(19)20)14(18)10-4-2-6-12(8-10)16(21)22/h1-8,13,17H/t13-/m1/s1. The van der Waals surface area contributed by atoms with Gasteiger partial charge in [0.1, 0.15) is 6.10 Å². The molecule has 8 nitrogen and oxygen atoms in total. The summed E-state index contributed by atoms with van der Waals surface area (Å²) < 4.78 is 0. The summed E-state index contributed by atoms with van der Waals surface area (Å²) >= 11 is 0. The number of non-ortho nitro benzene ring substituents is 2. The van der Waals surface area contributed by atoms with Crippen molar-refractivity contribution < 1.29 is 19.7 Å². The van der Waals surface area contributed by atoms with Crippen LogP contribution >= 0.6 is 0 Å². The highest BCUT2D eigenvalue weighted by Crippen LogP contribution is 2.24. The predicted octanol–water partition coefficient (Wildman–Crippen LogP) is 2.42. The van der Waals surface area contributed by atoms with Gasteiger partial charge in [0.2, 0.25) is 0 Å². The lowest BCUT2D eigenvalue weighted by atomic mass is 9.99. The van der Waals surface area contributed by atoms with Crippen LogP contribution in [-0.4, -0.2) is 20.7 Å². The third kappa shape index (κ3) is 3.13. The SMILES string of the molecule is O=C(c1cccc([N+](=O)[O-])c1)[C@H](O)c1cccc([N+](=O)[O-])c1. The fourth-order valence-corrected chi connectivity index (χ4v) is 1.89. The number of hydrogen-bond acceptors (Lipinski definition) is 6. The maximum absolute atomic E-state index is 12.2. The van der Waals surface area contributed by atoms with Crippen LogP contribution < -0.4 is 0 Å². The van der Waals surface area contributed by atoms with Crippen molar-refractivity contribution in [1.82, 2.24) is 0 Å². The smallest absolute Gasteiger partial charge is 0.270 e. The van der Waals surface area contributed by atoms with Gasteiger partial charge >= 0.3 is 0 Å². The molecule has 0 saturated heterocycles. The van der Waals surface area contributed by atoms with Gasteiger partial charge in [0.05, 0.1) is 9.85 Å². The second-order valence-corrected chi connectivity index (χ2v) is 4.43. The van der Waals surface area contributed by atoms with E-state index in [0.717, 1.165) is 12.1 Å². The monoisotopic (exact) mass is 302 g/mol. The predicted molar refractivity (Wildman–Crippen MR) is 75.5 cm³/mol. The molecule has 0 fully saturated rings. The van der Waals surface area contributed by atoms with Gasteiger partial charge in [-0.25, -0.2) is 0 Å². The van der Waals surface area contributed by atoms with E-state index < -0.39 is 21.7 Å². The van der Waals surface area contributed by atoms with E-state index in [1.807, 2.05) is 0 Å². The van der Waals surface area contributed by atoms with Crippen LogP contribution in [0.3, 0.4) is 0 Å². The first-order valence-corrected chi connectivity index (χ1v) is 6.11. The highest BCUT2D eigenvalue weighted by atomic mass is 16.6. The van der Waals surface area contributed by atoms with Gasteiger partial charge in [0, 0.05) is 29.8 Å². The lowest BCUT2D eigenvalue weighted by Gasteiger charge is -2.09. The first-order valence-electron chi connectivity index (χ1n) is 6.11. The fraction of sp³-hybridized carbons (Fsp3) is 0.0714. The number of benzene rings is 2. The zero-order valence-electron chi connectivity index (χ0n) is 11.1. The second kappa shape index (κ2) is 6.10. The summed E-state index contributed by atoms with van der Waals surface area (Å²) in [7, 11) is 0. The molecule has 1 atom stereocenters. The third-order valence-electron chi connectivity index (χ3n) is 2.99. The van der Waals surface area contributed by atoms with E-state index in [9.17, 15) is 30.1 Å². The number of nitrogens with zero attached hydrogens (tertiary/aromatic N) is 2. The van der Waals surface area contributed by atoms with Gasteiger partial charge in [-0.2, -0.15) is 0 Å². The van der Waals surface area contributed by atoms with Crippen LogP contribution in [0.2, 0.25) is 0 Å². The lowest BCUT2D eigenvalue weighted by molar-refractivity contribution is -0.385. The third-order valence-corrected chi connectivity index (χ3v) is 2.99. The van der Waals surface area contributed by atoms with E-state index in [-0.39, 0.29) is 22.5 Å². The zero-order valence-corrected chi connectivity index (χ0v) is 11.1. The van der Waals surface area contributed by atoms with Gasteiger partial charge < -0.3 is 5.11 Å². The lowest BCUT2D eigenvalue weighted by Crippen LogP contribution is -2.12. The molecule has 1 N–H and O–H groups in total. The van der Waals surface area contributed by atoms with Crippen molar-refractivity contribution in [2.45, 2.75) is 6.10 Å². The fourth-order valence-electron chi connectivity index (χ4n) is 1.89. The Kier molecular flexibility index (Phi) is 4.23. The van der Waals surface area contributed by atoms with Crippen molar-refractivity contribution in [2.75, 3.05) is 0 Å². The summed E-state index contributed by atoms with van der Waals surface area (Å²) in [5, 5.41) is 31.4. The molecule has 0 aliphatic heterocycles. The van der Waals surface area contributed by atoms with Crippen LogP contribution in [0.1, 0.15) is 22.0 Å². The van der Waals surface area contributed by atoms with Gasteiger partial charge in [0.25, 0.3) is 11.4 Å². The van der Waals surface area contributed by atoms with Gasteiger partial charge in [-0.05, 0) is 5.56 Å². The van der Waals surface area contributed by atoms with Gasteiger partial charge in [-0.1, -0.05) is 24.3 Å². The summed E-state index contributed by atoms with van der Waals surface area (Å²) in [4.78, 5) is 32.2. The van der Waals surface area contributed by atoms with Crippen LogP contribution in [0.5, 0.6) is 0 Å². The Morgan fingerprint density at radius 3 is 2.09 bits per heavy atom. The molecule has 8 heteroatoms. The molecule has 112 valence electrons. The van der Waals surface area contributed by atoms with Crippen molar-refractivity contribution in [3.8, 4) is 0 Å². The second-order valence-electron chi connectivity index (χ2n) is 4.43. The molecule has 0 aliphatic rings. The number of rotatable bonds is 5. The average molecular weight is 302 g/mol. The molecular weight excluding hydrogens is 292 g/mol. The minimum absolute atomic E-state index is 0.0470. The largest absolute Gasteiger partial charge is 0.380 e. The molecular formula is C14H10N2O6. The maximum Gasteiger partial charge on any atom is 0.270 e. The van der Waals surface area contributed by atoms with Crippen LogP contribution in [-0.2, 0) is 0 Å². The number of Topliss-reactive ketones (excluding diaryl/α,β-unsaturated/α-hetero) is 1. The molecule has 0 saturated carbocycles. The van der Waals surface area contributed by atoms with Crippen molar-refractivity contribution in [1.29, 1.82) is 0 Å². The molecule has 0 bridgehead atoms. The van der Waals surface area contributed by atoms with Gasteiger partial charge in [-0.15, -0.1) is 0 Å². The number of carbonyl (C=O) groups is 1. The number of nitro groups is 2. The molecule has 22 heavy (non-hydrogen) atoms. The number of hydrogen-bond donors (Lipinski definition) is 1. The number of carbonyl (C=O) groups excluding carboxylic acids is 1. The number of aliphatic hydroxyl groups excluding tert-OH is 1. The molecule has 0 radical (unpaired) electrons. The molecule has 2 aromatic rings. The summed E-state index contributed by atoms with van der Waals surface area (Å²) in [6.45, 7) is 0. The van der Waals surface area contributed by atoms with Crippen LogP contribution in [0, 0.1) is 20.2 Å². The minimum atomic E-state index is -1.64. The molecule has 2 aromatic carbocycles. The highest BCUT2D eigenvalue weighted by Gasteiger charge is 2.22. The Morgan fingerprint density at radius 2 is 1.50 bits per heavy atom. The Morgan fingerprint density at radius 1 is 0.955 bits per heavy atom. The van der Waals surface area contributed by atoms with E-state index in [1.165, 1.54) is 36.4 Å². The first kappa shape index (κ1) is 15.3. The minimum Gasteiger partial charge on any atom is -0.380 e. The Hall–Kier alpha value is -3.13. The van der Waals surface area contributed by atoms with Crippen molar-refractivity contribution in [3.63, 3.8) is 0 Å². The van der Waals surface area contributed by atoms with Crippen molar-refractivity contribution >= 4 is 17.2 Å². The van der Waals surface area contributed by atoms with Crippen LogP contribution in [0.15, 0.2) is 48.5 Å². The van der Waals surface area contributed by atoms with Gasteiger partial charge in [0.15, 0.2) is 5.78 Å². The highest BCUT2D eigenvalue weighted by molar-refractivity contribution is 6.00. The van der Waals surface area contributed by atoms with E-state index >= 15 is 0 Å². The molecule has 2 rings (SSSR count). The normalized spacial score (nSPS) is 11.7. The average Bonchev–Trinajstić information content (AvgIpc) is 2.53. The van der Waals surface area contributed by atoms with Crippen molar-refractivity contribution in [3.05, 3.63) is 79.9 Å². The quantitative estimate of drug-likeness (QED) is 0.514. The summed E-state index contributed by atoms with van der Waals surface area (Å²) in [6.07, 6.45) is -1.64. The van der Waals surface area contributed by atoms with Gasteiger partial charge in [-0.3, -0.25) is 25.0 Å². The van der Waals surface area contributed by atoms with Crippen molar-refractivity contribution in [2.24, 2.45) is 0 Å². The van der Waals surface area contributed by atoms with E-state index in [4.69, 9.17) is 0 Å². The summed E-state index contributed by atoms with van der Waals surface area (Å²) in [5.74, 6) is -0.774. The first-order chi connectivity index (χ1) is 10.4. The Labute approximate surface area is 123 Å². The topological polar surface area (TPSA) is 124 Å². The Balaban J connectivity index is 2.33. The molecule has 0 spiro atoms. The van der Waals surface area contributed by atoms with E-state index in [2.05, 4.69) is 0 Å². The number of ketones is 1. The molecule has 0 heterocycles. The molecule has 0 unspecified atom stereocenters. The van der Waals surface area contributed by atoms with Crippen LogP contribution in [0.4, 0.5) is 11.4 Å². The van der Waals surface area contributed by atoms with E-state index in [1.54, 1.807) is 0 Å². The molecule has 0 aliphatic carbocycles. The zero-order chi connectivity index (χ0) is 16.3. The molecule has 0 aromatic heterocycles. The van der Waals surface area contributed by atoms with Crippen LogP contribution in [0.25, 0.3) is 0 Å². The Bertz CT molecular complexity index is 759. The molecule has 0 amide bonds. The summed E-state index contributed by atoms with van der Waals surface area (Å²) in [6, 6.07) is 9.94. The maximum atomic E-state index is 12.2. The number of aliphatic hydroxyl groups is 1. The summed E-state index contributed by atoms with van der Waals surface area (Å²) in [5.41, 5.74) is -0.542.